The van der Waals surface area contributed by atoms with Gasteiger partial charge in [0.15, 0.2) is 6.10 Å². The summed E-state index contributed by atoms with van der Waals surface area (Å²) < 4.78 is 13.5. The van der Waals surface area contributed by atoms with Crippen molar-refractivity contribution in [3.63, 3.8) is 0 Å². The first-order chi connectivity index (χ1) is 13.4. The van der Waals surface area contributed by atoms with Crippen LogP contribution in [0.3, 0.4) is 0 Å². The molecule has 2 aromatic carbocycles. The van der Waals surface area contributed by atoms with Gasteiger partial charge < -0.3 is 9.74 Å². The zero-order valence-corrected chi connectivity index (χ0v) is 16.8. The van der Waals surface area contributed by atoms with Crippen molar-refractivity contribution in [1.29, 1.82) is 0 Å². The van der Waals surface area contributed by atoms with Crippen LogP contribution in [0.4, 0.5) is 4.39 Å². The van der Waals surface area contributed by atoms with Crippen molar-refractivity contribution < 1.29 is 14.0 Å². The van der Waals surface area contributed by atoms with Crippen molar-refractivity contribution in [2.75, 3.05) is 6.54 Å². The summed E-state index contributed by atoms with van der Waals surface area (Å²) in [6, 6.07) is 13.8. The third kappa shape index (κ3) is 5.55. The molecule has 1 aliphatic rings. The van der Waals surface area contributed by atoms with E-state index in [1.165, 1.54) is 12.1 Å². The molecule has 0 radical (unpaired) electrons. The topological polar surface area (TPSA) is 41.9 Å². The Morgan fingerprint density at radius 1 is 1.29 bits per heavy atom. The van der Waals surface area contributed by atoms with Crippen molar-refractivity contribution in [2.45, 2.75) is 39.3 Å². The van der Waals surface area contributed by atoms with Crippen LogP contribution in [0.25, 0.3) is 0 Å². The number of amides is 1. The summed E-state index contributed by atoms with van der Waals surface area (Å²) in [5, 5.41) is 4.76. The molecular weight excluding hydrogens is 379 g/mol. The van der Waals surface area contributed by atoms with Gasteiger partial charge in [-0.25, -0.2) is 4.39 Å². The van der Waals surface area contributed by atoms with Gasteiger partial charge in [-0.15, -0.1) is 0 Å². The molecule has 28 heavy (non-hydrogen) atoms. The average molecular weight is 403 g/mol. The molecule has 0 unspecified atom stereocenters. The summed E-state index contributed by atoms with van der Waals surface area (Å²) in [4.78, 5) is 20.1. The van der Waals surface area contributed by atoms with Gasteiger partial charge in [-0.1, -0.05) is 54.9 Å². The highest BCUT2D eigenvalue weighted by Crippen LogP contribution is 2.21. The maximum absolute atomic E-state index is 13.5. The summed E-state index contributed by atoms with van der Waals surface area (Å²) in [5.74, 6) is 0.0223. The molecule has 0 fully saturated rings. The van der Waals surface area contributed by atoms with Crippen LogP contribution >= 0.6 is 11.6 Å². The van der Waals surface area contributed by atoms with E-state index in [0.29, 0.717) is 42.2 Å². The lowest BCUT2D eigenvalue weighted by Gasteiger charge is -2.26. The molecule has 1 aliphatic heterocycles. The Labute approximate surface area is 169 Å². The van der Waals surface area contributed by atoms with E-state index in [4.69, 9.17) is 16.4 Å². The second-order valence-corrected chi connectivity index (χ2v) is 7.92. The van der Waals surface area contributed by atoms with Gasteiger partial charge in [0.1, 0.15) is 5.82 Å². The Hall–Kier alpha value is -2.40. The molecule has 4 nitrogen and oxygen atoms in total. The Morgan fingerprint density at radius 2 is 2.07 bits per heavy atom. The molecule has 0 spiro atoms. The minimum absolute atomic E-state index is 0.0674. The molecule has 0 N–H and O–H groups in total. The number of carbonyl (C=O) groups excluding carboxylic acids is 1. The van der Waals surface area contributed by atoms with Crippen molar-refractivity contribution in [3.8, 4) is 0 Å². The molecule has 0 bridgehead atoms. The van der Waals surface area contributed by atoms with Crippen LogP contribution in [-0.2, 0) is 16.2 Å². The Bertz CT molecular complexity index is 869. The summed E-state index contributed by atoms with van der Waals surface area (Å²) in [6.45, 7) is 4.92. The minimum Gasteiger partial charge on any atom is -0.390 e. The normalized spacial score (nSPS) is 16.0. The van der Waals surface area contributed by atoms with Crippen LogP contribution in [-0.4, -0.2) is 29.2 Å². The lowest BCUT2D eigenvalue weighted by Crippen LogP contribution is -2.37. The third-order valence-corrected chi connectivity index (χ3v) is 4.75. The summed E-state index contributed by atoms with van der Waals surface area (Å²) in [5.41, 5.74) is 2.37. The molecule has 2 aromatic rings. The molecule has 0 aliphatic carbocycles. The largest absolute Gasteiger partial charge is 0.390 e. The minimum atomic E-state index is -0.307. The van der Waals surface area contributed by atoms with Crippen molar-refractivity contribution >= 4 is 23.2 Å². The first-order valence-corrected chi connectivity index (χ1v) is 9.79. The van der Waals surface area contributed by atoms with E-state index in [0.717, 1.165) is 5.56 Å². The number of carbonyl (C=O) groups is 1. The van der Waals surface area contributed by atoms with Gasteiger partial charge in [-0.3, -0.25) is 4.79 Å². The van der Waals surface area contributed by atoms with Crippen LogP contribution in [0.1, 0.15) is 37.8 Å². The Kier molecular flexibility index (Phi) is 6.68. The van der Waals surface area contributed by atoms with Crippen molar-refractivity contribution in [2.24, 2.45) is 11.1 Å². The summed E-state index contributed by atoms with van der Waals surface area (Å²) in [6.07, 6.45) is 0.739. The maximum atomic E-state index is 13.5. The monoisotopic (exact) mass is 402 g/mol. The van der Waals surface area contributed by atoms with Crippen LogP contribution in [0.15, 0.2) is 53.7 Å². The number of oxime groups is 1. The predicted molar refractivity (Wildman–Crippen MR) is 109 cm³/mol. The number of nitrogens with zero attached hydrogens (tertiary/aromatic N) is 2. The molecular formula is C22H24ClFN2O2. The lowest BCUT2D eigenvalue weighted by atomic mass is 10.0. The highest BCUT2D eigenvalue weighted by atomic mass is 35.5. The molecule has 3 rings (SSSR count). The zero-order chi connectivity index (χ0) is 20.1. The van der Waals surface area contributed by atoms with Crippen LogP contribution in [0.2, 0.25) is 5.02 Å². The lowest BCUT2D eigenvalue weighted by molar-refractivity contribution is -0.134. The van der Waals surface area contributed by atoms with Gasteiger partial charge in [0.2, 0.25) is 5.91 Å². The predicted octanol–water partition coefficient (Wildman–Crippen LogP) is 5.05. The number of rotatable bonds is 7. The standard InChI is InChI=1S/C22H24ClFN2O2/c1-15(2)9-22(27)26(13-16-5-3-7-18(23)10-16)14-20-12-21(25-28-20)17-6-4-8-19(24)11-17/h3-8,10-11,15,20H,9,12-14H2,1-2H3/t20-/m0/s1. The van der Waals surface area contributed by atoms with Gasteiger partial charge in [-0.05, 0) is 35.7 Å². The van der Waals surface area contributed by atoms with E-state index in [1.54, 1.807) is 17.0 Å². The smallest absolute Gasteiger partial charge is 0.223 e. The molecule has 6 heteroatoms. The molecule has 1 atom stereocenters. The van der Waals surface area contributed by atoms with E-state index in [1.807, 2.05) is 38.1 Å². The number of hydrogen-bond acceptors (Lipinski definition) is 3. The summed E-state index contributed by atoms with van der Waals surface area (Å²) in [7, 11) is 0. The van der Waals surface area contributed by atoms with Gasteiger partial charge in [-0.2, -0.15) is 0 Å². The molecule has 0 aromatic heterocycles. The quantitative estimate of drug-likeness (QED) is 0.650. The third-order valence-electron chi connectivity index (χ3n) is 4.51. The Morgan fingerprint density at radius 3 is 2.79 bits per heavy atom. The van der Waals surface area contributed by atoms with E-state index in [-0.39, 0.29) is 23.7 Å². The van der Waals surface area contributed by atoms with E-state index in [2.05, 4.69) is 5.16 Å². The van der Waals surface area contributed by atoms with Crippen LogP contribution in [0, 0.1) is 11.7 Å². The first kappa shape index (κ1) is 20.3. The SMILES string of the molecule is CC(C)CC(=O)N(Cc1cccc(Cl)c1)C[C@@H]1CC(c2cccc(F)c2)=NO1. The molecule has 0 saturated carbocycles. The molecule has 148 valence electrons. The number of benzene rings is 2. The maximum Gasteiger partial charge on any atom is 0.223 e. The van der Waals surface area contributed by atoms with Crippen LogP contribution < -0.4 is 0 Å². The van der Waals surface area contributed by atoms with Gasteiger partial charge in [0.05, 0.1) is 12.3 Å². The van der Waals surface area contributed by atoms with Crippen LogP contribution in [0.5, 0.6) is 0 Å². The van der Waals surface area contributed by atoms with Gasteiger partial charge >= 0.3 is 0 Å². The van der Waals surface area contributed by atoms with E-state index in [9.17, 15) is 9.18 Å². The molecule has 1 amide bonds. The fourth-order valence-electron chi connectivity index (χ4n) is 3.20. The first-order valence-electron chi connectivity index (χ1n) is 9.41. The fourth-order valence-corrected chi connectivity index (χ4v) is 3.41. The number of halogens is 2. The molecule has 1 heterocycles. The second-order valence-electron chi connectivity index (χ2n) is 7.48. The molecule has 0 saturated heterocycles. The zero-order valence-electron chi connectivity index (χ0n) is 16.1. The average Bonchev–Trinajstić information content (AvgIpc) is 3.09. The van der Waals surface area contributed by atoms with E-state index < -0.39 is 0 Å². The highest BCUT2D eigenvalue weighted by molar-refractivity contribution is 6.30. The van der Waals surface area contributed by atoms with Crippen molar-refractivity contribution in [3.05, 3.63) is 70.5 Å². The van der Waals surface area contributed by atoms with Gasteiger partial charge in [0.25, 0.3) is 0 Å². The highest BCUT2D eigenvalue weighted by Gasteiger charge is 2.27. The van der Waals surface area contributed by atoms with Gasteiger partial charge in [0, 0.05) is 30.0 Å². The van der Waals surface area contributed by atoms with Crippen molar-refractivity contribution in [1.82, 2.24) is 4.90 Å². The summed E-state index contributed by atoms with van der Waals surface area (Å²) >= 11 is 6.09. The fraction of sp³-hybridized carbons (Fsp3) is 0.364. The number of hydrogen-bond donors (Lipinski definition) is 0. The Balaban J connectivity index is 1.68. The second kappa shape index (κ2) is 9.20. The van der Waals surface area contributed by atoms with E-state index >= 15 is 0 Å².